The van der Waals surface area contributed by atoms with Gasteiger partial charge >= 0.3 is 0 Å². The smallest absolute Gasteiger partial charge is 0.117 e. The van der Waals surface area contributed by atoms with Crippen molar-refractivity contribution >= 4 is 0 Å². The number of hydrogen-bond donors (Lipinski definition) is 1. The molecule has 3 heteroatoms. The van der Waals surface area contributed by atoms with Crippen molar-refractivity contribution in [1.29, 1.82) is 0 Å². The Morgan fingerprint density at radius 3 is 2.76 bits per heavy atom. The van der Waals surface area contributed by atoms with Gasteiger partial charge in [-0.05, 0) is 44.2 Å². The average molecular weight is 234 g/mol. The van der Waals surface area contributed by atoms with Crippen molar-refractivity contribution < 1.29 is 5.11 Å². The lowest BCUT2D eigenvalue weighted by Crippen LogP contribution is -2.08. The summed E-state index contributed by atoms with van der Waals surface area (Å²) in [4.78, 5) is 0. The maximum atomic E-state index is 10.4. The fraction of sp³-hybridized carbons (Fsp3) is 0.643. The molecule has 0 saturated heterocycles. The topological polar surface area (TPSA) is 38.0 Å². The van der Waals surface area contributed by atoms with E-state index in [1.54, 1.807) is 4.68 Å². The molecule has 2 rings (SSSR count). The van der Waals surface area contributed by atoms with Crippen molar-refractivity contribution in [1.82, 2.24) is 9.78 Å². The lowest BCUT2D eigenvalue weighted by atomic mass is 9.95. The van der Waals surface area contributed by atoms with Gasteiger partial charge in [0.1, 0.15) is 6.10 Å². The molecule has 1 aliphatic carbocycles. The maximum absolute atomic E-state index is 10.4. The zero-order chi connectivity index (χ0) is 12.3. The second kappa shape index (κ2) is 5.50. The molecule has 17 heavy (non-hydrogen) atoms. The Kier molecular flexibility index (Phi) is 4.00. The van der Waals surface area contributed by atoms with Crippen LogP contribution in [-0.2, 0) is 7.05 Å². The highest BCUT2D eigenvalue weighted by Gasteiger charge is 2.17. The molecule has 1 atom stereocenters. The van der Waals surface area contributed by atoms with Gasteiger partial charge in [0.2, 0.25) is 0 Å². The van der Waals surface area contributed by atoms with E-state index in [0.717, 1.165) is 24.2 Å². The van der Waals surface area contributed by atoms with Gasteiger partial charge in [0.05, 0.1) is 11.4 Å². The van der Waals surface area contributed by atoms with Gasteiger partial charge < -0.3 is 5.11 Å². The minimum atomic E-state index is -0.473. The highest BCUT2D eigenvalue weighted by molar-refractivity contribution is 5.22. The van der Waals surface area contributed by atoms with Gasteiger partial charge in [-0.15, -0.1) is 0 Å². The van der Waals surface area contributed by atoms with Crippen LogP contribution >= 0.6 is 0 Å². The SMILES string of the molecule is Cc1cc(C(O)/C2=C/CCCCCC2)n(C)n1. The van der Waals surface area contributed by atoms with Crippen LogP contribution in [0.5, 0.6) is 0 Å². The Morgan fingerprint density at radius 2 is 2.06 bits per heavy atom. The molecule has 0 amide bonds. The van der Waals surface area contributed by atoms with E-state index in [-0.39, 0.29) is 0 Å². The Balaban J connectivity index is 2.17. The van der Waals surface area contributed by atoms with E-state index in [1.807, 2.05) is 20.0 Å². The van der Waals surface area contributed by atoms with Gasteiger partial charge in [0.15, 0.2) is 0 Å². The maximum Gasteiger partial charge on any atom is 0.117 e. The Bertz CT molecular complexity index is 406. The number of allylic oxidation sites excluding steroid dienone is 1. The third kappa shape index (κ3) is 2.97. The Labute approximate surface area is 103 Å². The van der Waals surface area contributed by atoms with Crippen LogP contribution in [0.3, 0.4) is 0 Å². The second-order valence-corrected chi connectivity index (χ2v) is 4.97. The van der Waals surface area contributed by atoms with Crippen molar-refractivity contribution in [2.75, 3.05) is 0 Å². The van der Waals surface area contributed by atoms with Gasteiger partial charge in [-0.25, -0.2) is 0 Å². The molecular weight excluding hydrogens is 212 g/mol. The predicted molar refractivity (Wildman–Crippen MR) is 68.7 cm³/mol. The fourth-order valence-corrected chi connectivity index (χ4v) is 2.54. The molecule has 0 saturated carbocycles. The molecule has 1 aliphatic rings. The summed E-state index contributed by atoms with van der Waals surface area (Å²) in [5, 5.41) is 14.7. The minimum Gasteiger partial charge on any atom is -0.382 e. The lowest BCUT2D eigenvalue weighted by Gasteiger charge is -2.17. The molecule has 0 aromatic carbocycles. The quantitative estimate of drug-likeness (QED) is 0.799. The zero-order valence-electron chi connectivity index (χ0n) is 10.8. The number of rotatable bonds is 2. The molecular formula is C14H22N2O. The molecule has 0 fully saturated rings. The molecule has 1 aromatic rings. The number of aliphatic hydroxyl groups excluding tert-OH is 1. The number of hydrogen-bond acceptors (Lipinski definition) is 2. The molecule has 0 bridgehead atoms. The number of nitrogens with zero attached hydrogens (tertiary/aromatic N) is 2. The molecule has 0 spiro atoms. The summed E-state index contributed by atoms with van der Waals surface area (Å²) < 4.78 is 1.79. The van der Waals surface area contributed by atoms with E-state index < -0.39 is 6.10 Å². The van der Waals surface area contributed by atoms with Gasteiger partial charge in [-0.2, -0.15) is 5.10 Å². The first kappa shape index (κ1) is 12.4. The largest absolute Gasteiger partial charge is 0.382 e. The molecule has 0 radical (unpaired) electrons. The number of aliphatic hydroxyl groups is 1. The molecule has 1 heterocycles. The van der Waals surface area contributed by atoms with E-state index in [2.05, 4.69) is 11.2 Å². The number of aromatic nitrogens is 2. The molecule has 1 aromatic heterocycles. The first-order valence-corrected chi connectivity index (χ1v) is 6.56. The van der Waals surface area contributed by atoms with E-state index in [4.69, 9.17) is 0 Å². The van der Waals surface area contributed by atoms with Crippen LogP contribution in [0.1, 0.15) is 56.0 Å². The van der Waals surface area contributed by atoms with Crippen LogP contribution < -0.4 is 0 Å². The van der Waals surface area contributed by atoms with Crippen LogP contribution in [0.15, 0.2) is 17.7 Å². The van der Waals surface area contributed by atoms with Crippen LogP contribution in [0.2, 0.25) is 0 Å². The summed E-state index contributed by atoms with van der Waals surface area (Å²) >= 11 is 0. The normalized spacial score (nSPS) is 22.4. The van der Waals surface area contributed by atoms with Crippen molar-refractivity contribution in [3.8, 4) is 0 Å². The Hall–Kier alpha value is -1.09. The van der Waals surface area contributed by atoms with Crippen LogP contribution in [-0.4, -0.2) is 14.9 Å². The molecule has 3 nitrogen and oxygen atoms in total. The lowest BCUT2D eigenvalue weighted by molar-refractivity contribution is 0.199. The standard InChI is InChI=1S/C14H22N2O/c1-11-10-13(16(2)15-11)14(17)12-8-6-4-3-5-7-9-12/h8,10,14,17H,3-7,9H2,1-2H3/b12-8+. The highest BCUT2D eigenvalue weighted by atomic mass is 16.3. The van der Waals surface area contributed by atoms with E-state index in [0.29, 0.717) is 0 Å². The number of aryl methyl sites for hydroxylation is 2. The molecule has 94 valence electrons. The van der Waals surface area contributed by atoms with E-state index in [9.17, 15) is 5.11 Å². The van der Waals surface area contributed by atoms with Crippen molar-refractivity contribution in [3.63, 3.8) is 0 Å². The average Bonchev–Trinajstić information content (AvgIpc) is 2.56. The second-order valence-electron chi connectivity index (χ2n) is 4.97. The van der Waals surface area contributed by atoms with Crippen LogP contribution in [0, 0.1) is 6.92 Å². The van der Waals surface area contributed by atoms with Gasteiger partial charge in [-0.1, -0.05) is 18.9 Å². The van der Waals surface area contributed by atoms with Crippen LogP contribution in [0.4, 0.5) is 0 Å². The van der Waals surface area contributed by atoms with Crippen LogP contribution in [0.25, 0.3) is 0 Å². The van der Waals surface area contributed by atoms with Crippen molar-refractivity contribution in [3.05, 3.63) is 29.1 Å². The minimum absolute atomic E-state index is 0.473. The third-order valence-corrected chi connectivity index (χ3v) is 3.50. The van der Waals surface area contributed by atoms with Gasteiger partial charge in [-0.3, -0.25) is 4.68 Å². The Morgan fingerprint density at radius 1 is 1.29 bits per heavy atom. The summed E-state index contributed by atoms with van der Waals surface area (Å²) in [6, 6.07) is 1.98. The predicted octanol–water partition coefficient (Wildman–Crippen LogP) is 3.04. The van der Waals surface area contributed by atoms with Gasteiger partial charge in [0.25, 0.3) is 0 Å². The highest BCUT2D eigenvalue weighted by Crippen LogP contribution is 2.28. The first-order valence-electron chi connectivity index (χ1n) is 6.56. The van der Waals surface area contributed by atoms with Gasteiger partial charge in [0, 0.05) is 7.05 Å². The summed E-state index contributed by atoms with van der Waals surface area (Å²) in [5.74, 6) is 0. The molecule has 1 unspecified atom stereocenters. The van der Waals surface area contributed by atoms with Crippen molar-refractivity contribution in [2.24, 2.45) is 7.05 Å². The third-order valence-electron chi connectivity index (χ3n) is 3.50. The van der Waals surface area contributed by atoms with Crippen molar-refractivity contribution in [2.45, 2.75) is 51.6 Å². The summed E-state index contributed by atoms with van der Waals surface area (Å²) in [5.41, 5.74) is 3.05. The zero-order valence-corrected chi connectivity index (χ0v) is 10.8. The fourth-order valence-electron chi connectivity index (χ4n) is 2.54. The first-order chi connectivity index (χ1) is 8.18. The van der Waals surface area contributed by atoms with E-state index in [1.165, 1.54) is 31.3 Å². The summed E-state index contributed by atoms with van der Waals surface area (Å²) in [6.07, 6.45) is 8.93. The molecule has 0 aliphatic heterocycles. The summed E-state index contributed by atoms with van der Waals surface area (Å²) in [6.45, 7) is 1.96. The summed E-state index contributed by atoms with van der Waals surface area (Å²) in [7, 11) is 1.90. The van der Waals surface area contributed by atoms with E-state index >= 15 is 0 Å². The monoisotopic (exact) mass is 234 g/mol. The molecule has 1 N–H and O–H groups in total.